The zero-order valence-corrected chi connectivity index (χ0v) is 18.0. The average molecular weight is 411 g/mol. The third kappa shape index (κ3) is 6.14. The van der Waals surface area contributed by atoms with Crippen molar-refractivity contribution in [2.24, 2.45) is 4.99 Å². The molecule has 1 heterocycles. The molecule has 2 aromatic carbocycles. The van der Waals surface area contributed by atoms with Gasteiger partial charge in [0.1, 0.15) is 12.7 Å². The fourth-order valence-electron chi connectivity index (χ4n) is 3.02. The van der Waals surface area contributed by atoms with Gasteiger partial charge in [0.25, 0.3) is 5.91 Å². The number of ether oxygens (including phenoxy) is 2. The van der Waals surface area contributed by atoms with Crippen molar-refractivity contribution in [2.45, 2.75) is 39.0 Å². The van der Waals surface area contributed by atoms with E-state index in [9.17, 15) is 4.79 Å². The maximum atomic E-state index is 12.4. The molecule has 30 heavy (non-hydrogen) atoms. The van der Waals surface area contributed by atoms with Crippen LogP contribution < -0.4 is 25.4 Å². The molecular formula is C23H30N4O3. The summed E-state index contributed by atoms with van der Waals surface area (Å²) in [5.74, 6) is 2.10. The van der Waals surface area contributed by atoms with E-state index in [1.54, 1.807) is 7.05 Å². The molecule has 0 saturated heterocycles. The van der Waals surface area contributed by atoms with E-state index < -0.39 is 0 Å². The Balaban J connectivity index is 1.50. The van der Waals surface area contributed by atoms with Crippen LogP contribution in [0.25, 0.3) is 0 Å². The van der Waals surface area contributed by atoms with E-state index in [1.807, 2.05) is 69.3 Å². The van der Waals surface area contributed by atoms with Gasteiger partial charge in [-0.25, -0.2) is 0 Å². The number of carbonyl (C=O) groups excluding carboxylic acids is 1. The molecule has 0 fully saturated rings. The van der Waals surface area contributed by atoms with Crippen LogP contribution in [0.4, 0.5) is 0 Å². The van der Waals surface area contributed by atoms with Crippen LogP contribution in [0.3, 0.4) is 0 Å². The van der Waals surface area contributed by atoms with Gasteiger partial charge >= 0.3 is 0 Å². The van der Waals surface area contributed by atoms with Crippen molar-refractivity contribution in [3.05, 3.63) is 59.7 Å². The fraction of sp³-hybridized carbons (Fsp3) is 0.391. The molecule has 7 heteroatoms. The first-order valence-electron chi connectivity index (χ1n) is 10.1. The molecule has 0 spiro atoms. The number of hydrogen-bond donors (Lipinski definition) is 3. The molecule has 3 N–H and O–H groups in total. The minimum absolute atomic E-state index is 0.0819. The number of guanidine groups is 1. The molecule has 2 aromatic rings. The van der Waals surface area contributed by atoms with E-state index in [4.69, 9.17) is 9.47 Å². The Hall–Kier alpha value is -3.22. The highest BCUT2D eigenvalue weighted by Gasteiger charge is 2.20. The Morgan fingerprint density at radius 2 is 1.87 bits per heavy atom. The van der Waals surface area contributed by atoms with Gasteiger partial charge in [0.05, 0.1) is 6.54 Å². The number of carbonyl (C=O) groups is 1. The average Bonchev–Trinajstić information content (AvgIpc) is 2.73. The van der Waals surface area contributed by atoms with Crippen molar-refractivity contribution in [3.8, 4) is 11.5 Å². The molecule has 1 unspecified atom stereocenters. The summed E-state index contributed by atoms with van der Waals surface area (Å²) in [7, 11) is 1.72. The summed E-state index contributed by atoms with van der Waals surface area (Å²) in [6.45, 7) is 7.47. The topological polar surface area (TPSA) is 84.0 Å². The van der Waals surface area contributed by atoms with Crippen molar-refractivity contribution in [1.29, 1.82) is 0 Å². The first kappa shape index (κ1) is 21.5. The SMILES string of the molecule is CN=C(NCc1cccc(C(=O)NC(C)(C)C)c1)NCC1COc2ccccc2O1. The number of hydrogen-bond acceptors (Lipinski definition) is 4. The summed E-state index contributed by atoms with van der Waals surface area (Å²) in [6, 6.07) is 15.2. The highest BCUT2D eigenvalue weighted by molar-refractivity contribution is 5.94. The standard InChI is InChI=1S/C23H30N4O3/c1-23(2,3)27-21(28)17-9-7-8-16(12-17)13-25-22(24-4)26-14-18-15-29-19-10-5-6-11-20(19)30-18/h5-12,18H,13-15H2,1-4H3,(H,27,28)(H2,24,25,26). The van der Waals surface area contributed by atoms with Crippen LogP contribution in [0.1, 0.15) is 36.7 Å². The highest BCUT2D eigenvalue weighted by Crippen LogP contribution is 2.30. The molecule has 1 amide bonds. The summed E-state index contributed by atoms with van der Waals surface area (Å²) in [6.07, 6.45) is -0.108. The van der Waals surface area contributed by atoms with Crippen LogP contribution in [-0.2, 0) is 6.54 Å². The summed E-state index contributed by atoms with van der Waals surface area (Å²) in [5, 5.41) is 9.51. The molecular weight excluding hydrogens is 380 g/mol. The van der Waals surface area contributed by atoms with Crippen LogP contribution in [-0.4, -0.2) is 43.7 Å². The molecule has 0 bridgehead atoms. The lowest BCUT2D eigenvalue weighted by molar-refractivity contribution is 0.0919. The van der Waals surface area contributed by atoms with Crippen molar-refractivity contribution >= 4 is 11.9 Å². The summed E-state index contributed by atoms with van der Waals surface area (Å²) < 4.78 is 11.7. The Morgan fingerprint density at radius 1 is 1.10 bits per heavy atom. The maximum Gasteiger partial charge on any atom is 0.251 e. The van der Waals surface area contributed by atoms with Gasteiger partial charge in [0.2, 0.25) is 0 Å². The van der Waals surface area contributed by atoms with Gasteiger partial charge in [-0.05, 0) is 50.6 Å². The van der Waals surface area contributed by atoms with Gasteiger partial charge in [-0.1, -0.05) is 24.3 Å². The summed E-state index contributed by atoms with van der Waals surface area (Å²) in [4.78, 5) is 16.6. The lowest BCUT2D eigenvalue weighted by atomic mass is 10.1. The Bertz CT molecular complexity index is 905. The van der Waals surface area contributed by atoms with Crippen LogP contribution in [0, 0.1) is 0 Å². The Labute approximate surface area is 177 Å². The van der Waals surface area contributed by atoms with E-state index in [2.05, 4.69) is 20.9 Å². The largest absolute Gasteiger partial charge is 0.486 e. The molecule has 3 rings (SSSR count). The number of rotatable bonds is 5. The molecule has 1 aliphatic rings. The van der Waals surface area contributed by atoms with Gasteiger partial charge in [0, 0.05) is 24.7 Å². The smallest absolute Gasteiger partial charge is 0.251 e. The number of nitrogens with one attached hydrogen (secondary N) is 3. The van der Waals surface area contributed by atoms with Gasteiger partial charge in [0.15, 0.2) is 17.5 Å². The van der Waals surface area contributed by atoms with Gasteiger partial charge in [-0.2, -0.15) is 0 Å². The van der Waals surface area contributed by atoms with Crippen LogP contribution in [0.5, 0.6) is 11.5 Å². The molecule has 1 aliphatic heterocycles. The predicted molar refractivity (Wildman–Crippen MR) is 118 cm³/mol. The van der Waals surface area contributed by atoms with E-state index in [1.165, 1.54) is 0 Å². The van der Waals surface area contributed by atoms with Gasteiger partial charge < -0.3 is 25.4 Å². The number of benzene rings is 2. The predicted octanol–water partition coefficient (Wildman–Crippen LogP) is 2.72. The van der Waals surface area contributed by atoms with Gasteiger partial charge in [-0.15, -0.1) is 0 Å². The van der Waals surface area contributed by atoms with Crippen molar-refractivity contribution < 1.29 is 14.3 Å². The first-order chi connectivity index (χ1) is 14.3. The minimum Gasteiger partial charge on any atom is -0.486 e. The zero-order chi connectivity index (χ0) is 21.6. The molecule has 7 nitrogen and oxygen atoms in total. The third-order valence-corrected chi connectivity index (χ3v) is 4.43. The zero-order valence-electron chi connectivity index (χ0n) is 18.0. The first-order valence-corrected chi connectivity index (χ1v) is 10.1. The quantitative estimate of drug-likeness (QED) is 0.521. The normalized spacial score (nSPS) is 16.0. The lowest BCUT2D eigenvalue weighted by Gasteiger charge is -2.27. The Kier molecular flexibility index (Phi) is 6.82. The third-order valence-electron chi connectivity index (χ3n) is 4.43. The van der Waals surface area contributed by atoms with E-state index >= 15 is 0 Å². The number of nitrogens with zero attached hydrogens (tertiary/aromatic N) is 1. The van der Waals surface area contributed by atoms with Crippen LogP contribution >= 0.6 is 0 Å². The van der Waals surface area contributed by atoms with Crippen molar-refractivity contribution in [3.63, 3.8) is 0 Å². The van der Waals surface area contributed by atoms with E-state index in [0.29, 0.717) is 31.2 Å². The minimum atomic E-state index is -0.275. The summed E-state index contributed by atoms with van der Waals surface area (Å²) >= 11 is 0. The molecule has 0 saturated carbocycles. The van der Waals surface area contributed by atoms with E-state index in [0.717, 1.165) is 17.1 Å². The number of para-hydroxylation sites is 2. The number of fused-ring (bicyclic) bond motifs is 1. The lowest BCUT2D eigenvalue weighted by Crippen LogP contribution is -2.45. The second-order valence-electron chi connectivity index (χ2n) is 8.21. The molecule has 160 valence electrons. The number of aliphatic imine (C=N–C) groups is 1. The fourth-order valence-corrected chi connectivity index (χ4v) is 3.02. The Morgan fingerprint density at radius 3 is 2.60 bits per heavy atom. The van der Waals surface area contributed by atoms with E-state index in [-0.39, 0.29) is 17.6 Å². The molecule has 0 radical (unpaired) electrons. The van der Waals surface area contributed by atoms with Gasteiger partial charge in [-0.3, -0.25) is 9.79 Å². The van der Waals surface area contributed by atoms with Crippen LogP contribution in [0.2, 0.25) is 0 Å². The maximum absolute atomic E-state index is 12.4. The molecule has 1 atom stereocenters. The number of amides is 1. The van der Waals surface area contributed by atoms with Crippen molar-refractivity contribution in [2.75, 3.05) is 20.2 Å². The second kappa shape index (κ2) is 9.52. The summed E-state index contributed by atoms with van der Waals surface area (Å²) in [5.41, 5.74) is 1.35. The monoisotopic (exact) mass is 410 g/mol. The molecule has 0 aliphatic carbocycles. The van der Waals surface area contributed by atoms with Crippen LogP contribution in [0.15, 0.2) is 53.5 Å². The highest BCUT2D eigenvalue weighted by atomic mass is 16.6. The second-order valence-corrected chi connectivity index (χ2v) is 8.21. The van der Waals surface area contributed by atoms with Crippen molar-refractivity contribution in [1.82, 2.24) is 16.0 Å². The molecule has 0 aromatic heterocycles.